The van der Waals surface area contributed by atoms with Gasteiger partial charge < -0.3 is 19.3 Å². The number of amides is 1. The van der Waals surface area contributed by atoms with E-state index in [1.807, 2.05) is 0 Å². The lowest BCUT2D eigenvalue weighted by molar-refractivity contribution is 0.00149. The van der Waals surface area contributed by atoms with Gasteiger partial charge in [0, 0.05) is 36.4 Å². The molecule has 33 heavy (non-hydrogen) atoms. The number of carboxylic acid groups (broad SMARTS) is 1. The van der Waals surface area contributed by atoms with Crippen LogP contribution in [0.4, 0.5) is 13.6 Å². The third-order valence-corrected chi connectivity index (χ3v) is 5.29. The van der Waals surface area contributed by atoms with Crippen LogP contribution in [-0.2, 0) is 4.74 Å². The van der Waals surface area contributed by atoms with Crippen LogP contribution in [0.3, 0.4) is 0 Å². The SMILES string of the molecule is CC(C)(C)OC(=O)N1CC(C(=O)c2cn(-c3ccc(F)cc3C(=O)O)c3c(F)nccc23)C1. The number of carboxylic acids is 1. The predicted octanol–water partition coefficient (Wildman–Crippen LogP) is 4.05. The minimum atomic E-state index is -1.41. The summed E-state index contributed by atoms with van der Waals surface area (Å²) < 4.78 is 34.9. The molecular formula is C23H21F2N3O5. The van der Waals surface area contributed by atoms with Gasteiger partial charge in [-0.1, -0.05) is 0 Å². The highest BCUT2D eigenvalue weighted by molar-refractivity contribution is 6.10. The molecule has 0 bridgehead atoms. The highest BCUT2D eigenvalue weighted by atomic mass is 19.1. The molecule has 0 radical (unpaired) electrons. The largest absolute Gasteiger partial charge is 0.478 e. The number of carbonyl (C=O) groups is 3. The van der Waals surface area contributed by atoms with E-state index in [2.05, 4.69) is 4.98 Å². The molecule has 1 amide bonds. The zero-order valence-corrected chi connectivity index (χ0v) is 18.1. The molecule has 1 saturated heterocycles. The van der Waals surface area contributed by atoms with E-state index in [9.17, 15) is 28.3 Å². The quantitative estimate of drug-likeness (QED) is 0.469. The fourth-order valence-corrected chi connectivity index (χ4v) is 3.75. The van der Waals surface area contributed by atoms with Gasteiger partial charge in [0.1, 0.15) is 16.9 Å². The van der Waals surface area contributed by atoms with Gasteiger partial charge >= 0.3 is 12.1 Å². The molecule has 1 N–H and O–H groups in total. The van der Waals surface area contributed by atoms with Gasteiger partial charge in [-0.25, -0.2) is 19.0 Å². The van der Waals surface area contributed by atoms with Gasteiger partial charge in [-0.05, 0) is 45.0 Å². The molecule has 0 atom stereocenters. The summed E-state index contributed by atoms with van der Waals surface area (Å²) in [5.41, 5.74) is -1.02. The normalized spacial score (nSPS) is 14.3. The first-order valence-electron chi connectivity index (χ1n) is 10.2. The fourth-order valence-electron chi connectivity index (χ4n) is 3.75. The molecule has 3 heterocycles. The number of fused-ring (bicyclic) bond motifs is 1. The summed E-state index contributed by atoms with van der Waals surface area (Å²) in [6, 6.07) is 4.53. The molecule has 3 aromatic rings. The molecule has 0 unspecified atom stereocenters. The van der Waals surface area contributed by atoms with E-state index < -0.39 is 40.9 Å². The summed E-state index contributed by atoms with van der Waals surface area (Å²) in [4.78, 5) is 42.1. The van der Waals surface area contributed by atoms with Crippen molar-refractivity contribution < 1.29 is 33.0 Å². The van der Waals surface area contributed by atoms with Crippen LogP contribution in [0.1, 0.15) is 41.5 Å². The van der Waals surface area contributed by atoms with Gasteiger partial charge in [-0.15, -0.1) is 0 Å². The summed E-state index contributed by atoms with van der Waals surface area (Å²) in [7, 11) is 0. The van der Waals surface area contributed by atoms with Crippen molar-refractivity contribution in [2.75, 3.05) is 13.1 Å². The lowest BCUT2D eigenvalue weighted by Gasteiger charge is -2.38. The Kier molecular flexibility index (Phi) is 5.39. The van der Waals surface area contributed by atoms with Gasteiger partial charge in [0.2, 0.25) is 5.95 Å². The van der Waals surface area contributed by atoms with Crippen molar-refractivity contribution in [1.82, 2.24) is 14.5 Å². The number of hydrogen-bond acceptors (Lipinski definition) is 5. The highest BCUT2D eigenvalue weighted by Gasteiger charge is 2.39. The summed E-state index contributed by atoms with van der Waals surface area (Å²) >= 11 is 0. The van der Waals surface area contributed by atoms with Crippen LogP contribution < -0.4 is 0 Å². The van der Waals surface area contributed by atoms with Crippen LogP contribution in [0.5, 0.6) is 0 Å². The average Bonchev–Trinajstić information content (AvgIpc) is 3.06. The number of nitrogens with zero attached hydrogens (tertiary/aromatic N) is 3. The Morgan fingerprint density at radius 2 is 1.82 bits per heavy atom. The Morgan fingerprint density at radius 3 is 2.45 bits per heavy atom. The Bertz CT molecular complexity index is 1290. The van der Waals surface area contributed by atoms with Crippen molar-refractivity contribution in [2.24, 2.45) is 5.92 Å². The van der Waals surface area contributed by atoms with E-state index in [4.69, 9.17) is 4.74 Å². The van der Waals surface area contributed by atoms with Crippen molar-refractivity contribution >= 4 is 28.7 Å². The van der Waals surface area contributed by atoms with E-state index in [1.54, 1.807) is 20.8 Å². The zero-order chi connectivity index (χ0) is 24.1. The summed E-state index contributed by atoms with van der Waals surface area (Å²) in [5.74, 6) is -3.94. The first kappa shape index (κ1) is 22.4. The molecule has 8 nitrogen and oxygen atoms in total. The van der Waals surface area contributed by atoms with Gasteiger partial charge in [0.15, 0.2) is 5.78 Å². The molecule has 1 fully saturated rings. The van der Waals surface area contributed by atoms with Crippen LogP contribution in [-0.4, -0.2) is 56.1 Å². The van der Waals surface area contributed by atoms with Gasteiger partial charge in [0.25, 0.3) is 0 Å². The molecule has 0 aliphatic carbocycles. The van der Waals surface area contributed by atoms with E-state index in [1.165, 1.54) is 34.0 Å². The van der Waals surface area contributed by atoms with Crippen LogP contribution in [0.15, 0.2) is 36.7 Å². The minimum Gasteiger partial charge on any atom is -0.478 e. The minimum absolute atomic E-state index is 0.0103. The second-order valence-corrected chi connectivity index (χ2v) is 8.82. The molecule has 2 aromatic heterocycles. The fraction of sp³-hybridized carbons (Fsp3) is 0.304. The molecule has 1 aliphatic heterocycles. The molecule has 0 spiro atoms. The van der Waals surface area contributed by atoms with E-state index in [0.29, 0.717) is 0 Å². The second-order valence-electron chi connectivity index (χ2n) is 8.82. The Morgan fingerprint density at radius 1 is 1.12 bits per heavy atom. The third-order valence-electron chi connectivity index (χ3n) is 5.29. The molecule has 0 saturated carbocycles. The molecule has 1 aliphatic rings. The zero-order valence-electron chi connectivity index (χ0n) is 18.1. The lowest BCUT2D eigenvalue weighted by Crippen LogP contribution is -2.54. The van der Waals surface area contributed by atoms with E-state index >= 15 is 0 Å². The van der Waals surface area contributed by atoms with Crippen molar-refractivity contribution in [3.8, 4) is 5.69 Å². The monoisotopic (exact) mass is 457 g/mol. The number of ether oxygens (including phenoxy) is 1. The highest BCUT2D eigenvalue weighted by Crippen LogP contribution is 2.32. The van der Waals surface area contributed by atoms with Crippen molar-refractivity contribution in [3.05, 3.63) is 59.6 Å². The number of pyridine rings is 1. The van der Waals surface area contributed by atoms with E-state index in [0.717, 1.165) is 12.1 Å². The maximum Gasteiger partial charge on any atom is 0.410 e. The number of likely N-dealkylation sites (tertiary alicyclic amines) is 1. The maximum atomic E-state index is 14.7. The molecule has 1 aromatic carbocycles. The summed E-state index contributed by atoms with van der Waals surface area (Å²) in [6.45, 7) is 5.51. The maximum absolute atomic E-state index is 14.7. The van der Waals surface area contributed by atoms with Crippen LogP contribution >= 0.6 is 0 Å². The number of ketones is 1. The smallest absolute Gasteiger partial charge is 0.410 e. The number of carbonyl (C=O) groups excluding carboxylic acids is 2. The van der Waals surface area contributed by atoms with Crippen molar-refractivity contribution in [2.45, 2.75) is 26.4 Å². The number of hydrogen-bond donors (Lipinski definition) is 1. The molecule has 172 valence electrons. The average molecular weight is 457 g/mol. The topological polar surface area (TPSA) is 102 Å². The number of aromatic carboxylic acids is 1. The number of rotatable bonds is 4. The van der Waals surface area contributed by atoms with Crippen molar-refractivity contribution in [3.63, 3.8) is 0 Å². The van der Waals surface area contributed by atoms with Gasteiger partial charge in [-0.3, -0.25) is 4.79 Å². The number of aromatic nitrogens is 2. The Labute approximate surface area is 187 Å². The van der Waals surface area contributed by atoms with Gasteiger partial charge in [0.05, 0.1) is 17.2 Å². The second kappa shape index (κ2) is 7.95. The molecular weight excluding hydrogens is 436 g/mol. The summed E-state index contributed by atoms with van der Waals surface area (Å²) in [6.07, 6.45) is 2.00. The van der Waals surface area contributed by atoms with Crippen molar-refractivity contribution in [1.29, 1.82) is 0 Å². The van der Waals surface area contributed by atoms with Crippen LogP contribution in [0.25, 0.3) is 16.6 Å². The number of Topliss-reactive ketones (excluding diaryl/α,β-unsaturated/α-hetero) is 1. The Balaban J connectivity index is 1.71. The van der Waals surface area contributed by atoms with E-state index in [-0.39, 0.29) is 41.0 Å². The lowest BCUT2D eigenvalue weighted by atomic mass is 9.91. The van der Waals surface area contributed by atoms with Crippen LogP contribution in [0, 0.1) is 17.7 Å². The first-order valence-corrected chi connectivity index (χ1v) is 10.2. The number of halogens is 2. The standard InChI is InChI=1S/C23H21F2N3O5/c1-23(2,3)33-22(32)27-9-12(10-27)19(29)16-11-28(18-14(16)6-7-26-20(18)25)17-5-4-13(24)8-15(17)21(30)31/h4-8,11-12H,9-10H2,1-3H3,(H,30,31). The first-order chi connectivity index (χ1) is 15.5. The summed E-state index contributed by atoms with van der Waals surface area (Å²) in [5, 5.41) is 9.74. The van der Waals surface area contributed by atoms with Gasteiger partial charge in [-0.2, -0.15) is 4.39 Å². The third kappa shape index (κ3) is 4.15. The Hall–Kier alpha value is -3.82. The molecule has 10 heteroatoms. The number of benzene rings is 1. The molecule has 4 rings (SSSR count). The van der Waals surface area contributed by atoms with Crippen LogP contribution in [0.2, 0.25) is 0 Å². The predicted molar refractivity (Wildman–Crippen MR) is 114 cm³/mol.